The van der Waals surface area contributed by atoms with Gasteiger partial charge in [-0.3, -0.25) is 9.69 Å². The number of amides is 6. The molecule has 4 aliphatic rings. The molecule has 130 heavy (non-hydrogen) atoms. The van der Waals surface area contributed by atoms with E-state index >= 15 is 0 Å². The number of nitrogens with one attached hydrogen (secondary N) is 3. The minimum atomic E-state index is -2.13. The largest absolute Gasteiger partial charge is 1.00 e. The monoisotopic (exact) mass is 1910 g/mol. The third kappa shape index (κ3) is 48.4. The Bertz CT molecular complexity index is 4080. The van der Waals surface area contributed by atoms with E-state index in [9.17, 15) is 38.7 Å². The van der Waals surface area contributed by atoms with E-state index in [0.717, 1.165) is 36.3 Å². The molecule has 8 rings (SSSR count). The van der Waals surface area contributed by atoms with Crippen molar-refractivity contribution in [3.05, 3.63) is 148 Å². The van der Waals surface area contributed by atoms with Crippen LogP contribution in [0.2, 0.25) is 93.7 Å². The zero-order valence-corrected chi connectivity index (χ0v) is 93.7. The summed E-state index contributed by atoms with van der Waals surface area (Å²) in [6.07, 6.45) is -3.70. The number of nitrogens with zero attached hydrogens (tertiary/aromatic N) is 7. The summed E-state index contributed by atoms with van der Waals surface area (Å²) in [7, 11) is -4.81. The molecule has 4 heterocycles. The van der Waals surface area contributed by atoms with Crippen molar-refractivity contribution in [2.45, 2.75) is 350 Å². The number of likely N-dealkylation sites (tertiary alicyclic amines) is 3. The van der Waals surface area contributed by atoms with E-state index in [0.29, 0.717) is 45.9 Å². The smallest absolute Gasteiger partial charge is 0.668 e. The number of nitriles is 1. The predicted octanol–water partition coefficient (Wildman–Crippen LogP) is 17.7. The normalized spacial score (nSPS) is 19.1. The molecule has 0 bridgehead atoms. The van der Waals surface area contributed by atoms with Gasteiger partial charge in [0, 0.05) is 75.2 Å². The van der Waals surface area contributed by atoms with Crippen molar-refractivity contribution in [3.8, 4) is 6.07 Å². The van der Waals surface area contributed by atoms with Gasteiger partial charge in [0.15, 0.2) is 25.0 Å². The van der Waals surface area contributed by atoms with Gasteiger partial charge in [-0.05, 0) is 160 Å². The fraction of sp³-hybridized carbons (Fsp3) is 0.667. The van der Waals surface area contributed by atoms with Gasteiger partial charge in [-0.25, -0.2) is 28.8 Å². The molecular weight excluding hydrogens is 1740 g/mol. The molecule has 6 amide bonds. The molecule has 0 aromatic heterocycles. The Hall–Kier alpha value is -6.74. The summed E-state index contributed by atoms with van der Waals surface area (Å²) in [6, 6.07) is 39.6. The SMILES string of the molecule is CC#N.CC(=O)OCc1ccccc1.CC(C)(C)OC(=O)N[C@@H]1CN(C(=O)OCc2ccccc2)C[C@@H]1O[Si](C)(C)C(C)(C)C.CC(C)(C)OC(=O)N[C@@H]1CN(Cc2ccccc2)C[C@@H]1O.CN(C(=O)OC(C)(C)C)[C@@H]1CN(C(=O)OCc2ccccc2)C[C@@H]1O[Si](C)(C)C(C)(C)C.CN(C(=O)OC(C)(C)C)[C@@H]1CNC[C@@H]1O[Si](C)(C)C(C)(C)C.C[Si](C)(C)[N-][Si](C)(C)C.[HH].[Na+]. The summed E-state index contributed by atoms with van der Waals surface area (Å²) >= 11 is 0. The average Bonchev–Trinajstić information content (AvgIpc) is 1.62. The van der Waals surface area contributed by atoms with Crippen LogP contribution in [0, 0.1) is 11.3 Å². The van der Waals surface area contributed by atoms with E-state index in [2.05, 4.69) is 174 Å². The fourth-order valence-corrected chi connectivity index (χ4v) is 24.7. The Labute approximate surface area is 811 Å². The van der Waals surface area contributed by atoms with Gasteiger partial charge in [-0.2, -0.15) is 5.26 Å². The summed E-state index contributed by atoms with van der Waals surface area (Å²) in [5.41, 5.74) is 1.85. The van der Waals surface area contributed by atoms with Crippen molar-refractivity contribution in [1.82, 2.24) is 40.4 Å². The number of hydrogen-bond acceptors (Lipinski definition) is 21. The molecule has 0 radical (unpaired) electrons. The zero-order chi connectivity index (χ0) is 99.1. The molecule has 0 aliphatic carbocycles. The molecule has 0 unspecified atom stereocenters. The molecular formula is C96H169N10NaO18Si5. The summed E-state index contributed by atoms with van der Waals surface area (Å²) in [6.45, 7) is 77.2. The third-order valence-corrected chi connectivity index (χ3v) is 40.5. The maximum Gasteiger partial charge on any atom is 1.00 e. The first kappa shape index (κ1) is 121. The second kappa shape index (κ2) is 53.0. The van der Waals surface area contributed by atoms with Crippen molar-refractivity contribution in [2.24, 2.45) is 0 Å². The van der Waals surface area contributed by atoms with E-state index in [-0.39, 0.29) is 114 Å². The molecule has 4 N–H and O–H groups in total. The van der Waals surface area contributed by atoms with E-state index in [4.69, 9.17) is 56.3 Å². The molecule has 4 fully saturated rings. The summed E-state index contributed by atoms with van der Waals surface area (Å²) in [5.74, 6) is -0.242. The number of aliphatic hydroxyl groups is 1. The number of esters is 1. The molecule has 4 aromatic rings. The molecule has 0 spiro atoms. The van der Waals surface area contributed by atoms with Crippen LogP contribution in [0.3, 0.4) is 0 Å². The molecule has 8 atom stereocenters. The number of benzene rings is 4. The number of alkyl carbamates (subject to hydrolysis) is 2. The molecule has 28 nitrogen and oxygen atoms in total. The number of β-amino-alcohol motifs (C(OH)–C–C–N with tert-alkyl or cyclic N) is 1. The van der Waals surface area contributed by atoms with E-state index in [1.165, 1.54) is 19.4 Å². The molecule has 4 aromatic carbocycles. The Kier molecular flexibility index (Phi) is 49.4. The van der Waals surface area contributed by atoms with Crippen molar-refractivity contribution < 1.29 is 116 Å². The number of likely N-dealkylation sites (N-methyl/N-ethyl adjacent to an activating group) is 2. The molecule has 732 valence electrons. The Morgan fingerprint density at radius 2 is 0.762 bits per heavy atom. The second-order valence-corrected chi connectivity index (χ2v) is 67.7. The van der Waals surface area contributed by atoms with Crippen LogP contribution >= 0.6 is 0 Å². The Morgan fingerprint density at radius 3 is 1.10 bits per heavy atom. The van der Waals surface area contributed by atoms with Gasteiger partial charge in [-0.15, -0.1) is 0 Å². The molecule has 0 saturated carbocycles. The molecule has 4 saturated heterocycles. The van der Waals surface area contributed by atoms with Crippen LogP contribution in [0.25, 0.3) is 4.65 Å². The van der Waals surface area contributed by atoms with Crippen LogP contribution in [-0.2, 0) is 77.6 Å². The molecule has 34 heteroatoms. The zero-order valence-electron chi connectivity index (χ0n) is 86.7. The summed E-state index contributed by atoms with van der Waals surface area (Å²) < 4.78 is 62.0. The first-order chi connectivity index (χ1) is 58.8. The number of hydrogen-bond donors (Lipinski definition) is 4. The maximum atomic E-state index is 12.8. The van der Waals surface area contributed by atoms with Gasteiger partial charge in [0.25, 0.3) is 0 Å². The van der Waals surface area contributed by atoms with Gasteiger partial charge in [0.1, 0.15) is 42.2 Å². The summed E-state index contributed by atoms with van der Waals surface area (Å²) in [5, 5.41) is 26.6. The predicted molar refractivity (Wildman–Crippen MR) is 530 cm³/mol. The minimum absolute atomic E-state index is 0. The van der Waals surface area contributed by atoms with Crippen LogP contribution in [0.1, 0.15) is 183 Å². The van der Waals surface area contributed by atoms with Crippen molar-refractivity contribution in [1.29, 1.82) is 5.26 Å². The maximum absolute atomic E-state index is 12.8. The average molecular weight is 1910 g/mol. The minimum Gasteiger partial charge on any atom is -0.668 e. The van der Waals surface area contributed by atoms with Gasteiger partial charge < -0.3 is 91.7 Å². The summed E-state index contributed by atoms with van der Waals surface area (Å²) in [4.78, 5) is 93.7. The van der Waals surface area contributed by atoms with Crippen LogP contribution < -0.4 is 45.5 Å². The topological polar surface area (TPSA) is 322 Å². The van der Waals surface area contributed by atoms with Gasteiger partial charge >= 0.3 is 72.1 Å². The first-order valence-corrected chi connectivity index (χ1v) is 60.6. The van der Waals surface area contributed by atoms with Gasteiger partial charge in [-0.1, -0.05) is 239 Å². The quantitative estimate of drug-likeness (QED) is 0.0363. The van der Waals surface area contributed by atoms with Crippen LogP contribution in [-0.4, -0.2) is 251 Å². The standard InChI is InChI=1S/C24H40N2O5Si.C23H38N2O5Si.C16H34N2O3Si.C16H24N2O3.C9H10O2.C6H18NSi2.C2H3N.Na.H2/c1-23(2,3)30-21(27)25(7)19-15-26(16-20(19)31-32(8,9)24(4,5)6)22(28)29-17-18-13-11-10-12-14-18;1-22(2,3)29-20(26)24-18-14-25(15-19(18)30-31(7,8)23(4,5)6)21(27)28-16-17-12-10-9-11-13-17;1-15(2,3)20-14(19)18(7)12-10-17-11-13(12)21-22(8,9)16(4,5)6;1-16(2,3)21-15(20)17-13-10-18(11-14(13)19)9-12-7-5-4-6-8-12;1-8(10)11-7-9-5-3-2-4-6-9;1-8(2,3)7-9(4,5)6;1-2-3;;/h10-14,19-20H,15-17H2,1-9H3;9-13,18-19H,14-16H2,1-8H3,(H,24,26);12-13,17H,10-11H2,1-9H3;4-8,13-14,19H,9-11H2,1-3H3,(H,17,20);2-6H,7H2,1H3;1-6H3;1H3;;1H/q;;;;;-1;;+1;/t19-,20+;18-,19+;12-,13+;13-,14+;;;;;/m1111...../s1. The van der Waals surface area contributed by atoms with Crippen LogP contribution in [0.5, 0.6) is 0 Å². The van der Waals surface area contributed by atoms with Gasteiger partial charge in [0.2, 0.25) is 0 Å². The third-order valence-electron chi connectivity index (χ3n) is 21.6. The van der Waals surface area contributed by atoms with E-state index < -0.39 is 100 Å². The van der Waals surface area contributed by atoms with E-state index in [1.54, 1.807) is 39.8 Å². The van der Waals surface area contributed by atoms with Crippen molar-refractivity contribution >= 4 is 84.0 Å². The molecule has 4 aliphatic heterocycles. The van der Waals surface area contributed by atoms with E-state index in [1.807, 2.05) is 192 Å². The van der Waals surface area contributed by atoms with Crippen molar-refractivity contribution in [2.75, 3.05) is 66.5 Å². The first-order valence-electron chi connectivity index (χ1n) is 45.0. The number of carbonyl (C=O) groups is 7. The number of ether oxygens (including phenoxy) is 7. The Morgan fingerprint density at radius 1 is 0.446 bits per heavy atom. The number of carbonyl (C=O) groups excluding carboxylic acids is 7. The fourth-order valence-electron chi connectivity index (χ4n) is 12.6. The van der Waals surface area contributed by atoms with Crippen molar-refractivity contribution in [3.63, 3.8) is 0 Å². The van der Waals surface area contributed by atoms with Crippen LogP contribution in [0.15, 0.2) is 121 Å². The number of aliphatic hydroxyl groups excluding tert-OH is 1. The van der Waals surface area contributed by atoms with Gasteiger partial charge in [0.05, 0.1) is 67.7 Å². The second-order valence-electron chi connectivity index (χ2n) is 43.8. The van der Waals surface area contributed by atoms with Crippen LogP contribution in [0.4, 0.5) is 28.8 Å². The Balaban J connectivity index is 0.00000160. The number of rotatable bonds is 20.